The van der Waals surface area contributed by atoms with Crippen LogP contribution in [0.1, 0.15) is 35.7 Å². The Kier molecular flexibility index (Phi) is 7.04. The summed E-state index contributed by atoms with van der Waals surface area (Å²) in [6.07, 6.45) is -2.24. The fourth-order valence-corrected chi connectivity index (χ4v) is 3.90. The molecule has 1 aliphatic heterocycles. The lowest BCUT2D eigenvalue weighted by Gasteiger charge is -2.36. The topological polar surface area (TPSA) is 68.7 Å². The Bertz CT molecular complexity index is 1210. The number of carbonyl (C=O) groups excluding carboxylic acids is 2. The second-order valence-corrected chi connectivity index (χ2v) is 8.07. The summed E-state index contributed by atoms with van der Waals surface area (Å²) in [4.78, 5) is 30.2. The van der Waals surface area contributed by atoms with E-state index in [1.165, 1.54) is 11.1 Å². The third kappa shape index (κ3) is 5.45. The quantitative estimate of drug-likeness (QED) is 0.398. The summed E-state index contributed by atoms with van der Waals surface area (Å²) < 4.78 is 49.5. The lowest BCUT2D eigenvalue weighted by atomic mass is 9.96. The fourth-order valence-electron chi connectivity index (χ4n) is 3.90. The first-order valence-electron chi connectivity index (χ1n) is 11.2. The van der Waals surface area contributed by atoms with Crippen LogP contribution in [-0.4, -0.2) is 40.7 Å². The first-order valence-corrected chi connectivity index (χ1v) is 11.2. The number of amides is 1. The minimum absolute atomic E-state index is 0.130. The third-order valence-corrected chi connectivity index (χ3v) is 5.63. The number of fused-ring (bicyclic) bond motifs is 1. The van der Waals surface area contributed by atoms with E-state index in [4.69, 9.17) is 9.47 Å². The number of pyridine rings is 1. The molecule has 4 rings (SSSR count). The molecule has 1 aliphatic rings. The van der Waals surface area contributed by atoms with Gasteiger partial charge < -0.3 is 14.4 Å². The molecule has 0 N–H and O–H groups in total. The van der Waals surface area contributed by atoms with Crippen molar-refractivity contribution in [1.29, 1.82) is 0 Å². The smallest absolute Gasteiger partial charge is 0.455 e. The van der Waals surface area contributed by atoms with Crippen LogP contribution in [0.3, 0.4) is 0 Å². The molecule has 0 fully saturated rings. The molecule has 0 saturated carbocycles. The van der Waals surface area contributed by atoms with Crippen LogP contribution >= 0.6 is 0 Å². The minimum Gasteiger partial charge on any atom is -0.455 e. The van der Waals surface area contributed by atoms with Crippen LogP contribution in [0.15, 0.2) is 67.0 Å². The molecule has 0 bridgehead atoms. The maximum absolute atomic E-state index is 13.2. The van der Waals surface area contributed by atoms with E-state index in [1.807, 2.05) is 37.3 Å². The molecule has 0 radical (unpaired) electrons. The summed E-state index contributed by atoms with van der Waals surface area (Å²) in [5.74, 6) is -2.17. The summed E-state index contributed by atoms with van der Waals surface area (Å²) in [6.45, 7) is 2.06. The van der Waals surface area contributed by atoms with Crippen LogP contribution in [0.5, 0.6) is 11.5 Å². The molecular weight excluding hydrogens is 461 g/mol. The van der Waals surface area contributed by atoms with Crippen LogP contribution < -0.4 is 4.74 Å². The summed E-state index contributed by atoms with van der Waals surface area (Å²) in [5.41, 5.74) is 2.41. The van der Waals surface area contributed by atoms with Gasteiger partial charge in [0.2, 0.25) is 0 Å². The zero-order valence-electron chi connectivity index (χ0n) is 18.9. The molecule has 2 heterocycles. The van der Waals surface area contributed by atoms with Gasteiger partial charge in [0.25, 0.3) is 5.91 Å². The van der Waals surface area contributed by atoms with Gasteiger partial charge in [-0.25, -0.2) is 4.79 Å². The summed E-state index contributed by atoms with van der Waals surface area (Å²) in [6, 6.07) is 16.2. The molecule has 3 aromatic rings. The maximum Gasteiger partial charge on any atom is 0.491 e. The van der Waals surface area contributed by atoms with E-state index in [0.29, 0.717) is 29.7 Å². The molecule has 1 unspecified atom stereocenters. The molecule has 0 aliphatic carbocycles. The van der Waals surface area contributed by atoms with Gasteiger partial charge in [-0.05, 0) is 30.2 Å². The van der Waals surface area contributed by atoms with Crippen LogP contribution in [0, 0.1) is 0 Å². The molecule has 35 heavy (non-hydrogen) atoms. The Hall–Kier alpha value is -3.88. The number of benzene rings is 2. The molecule has 182 valence electrons. The van der Waals surface area contributed by atoms with E-state index in [2.05, 4.69) is 4.98 Å². The Balaban J connectivity index is 1.66. The molecule has 1 atom stereocenters. The molecule has 2 aromatic carbocycles. The highest BCUT2D eigenvalue weighted by Crippen LogP contribution is 2.35. The van der Waals surface area contributed by atoms with Crippen molar-refractivity contribution >= 4 is 11.9 Å². The number of esters is 1. The second-order valence-electron chi connectivity index (χ2n) is 8.07. The van der Waals surface area contributed by atoms with E-state index in [0.717, 1.165) is 11.1 Å². The van der Waals surface area contributed by atoms with Crippen LogP contribution in [0.25, 0.3) is 11.1 Å². The Labute approximate surface area is 200 Å². The summed E-state index contributed by atoms with van der Waals surface area (Å²) in [7, 11) is 0. The van der Waals surface area contributed by atoms with E-state index in [-0.39, 0.29) is 18.7 Å². The van der Waals surface area contributed by atoms with Crippen LogP contribution in [0.2, 0.25) is 0 Å². The Morgan fingerprint density at radius 2 is 1.86 bits per heavy atom. The van der Waals surface area contributed by atoms with Crippen LogP contribution in [-0.2, 0) is 16.0 Å². The standard InChI is InChI=1S/C26H23F3N2O4/c1-2-3-12-31-23(35-25(33)26(27,28)29)14-21-20(24(31)32)10-7-11-22(21)34-19-13-18(15-30-16-19)17-8-5-4-6-9-17/h4-11,13,15-16,23H,2-3,12,14H2,1H3. The lowest BCUT2D eigenvalue weighted by Crippen LogP contribution is -2.49. The third-order valence-electron chi connectivity index (χ3n) is 5.63. The fraction of sp³-hybridized carbons (Fsp3) is 0.269. The molecule has 6 nitrogen and oxygen atoms in total. The van der Waals surface area contributed by atoms with Gasteiger partial charge in [-0.3, -0.25) is 9.78 Å². The van der Waals surface area contributed by atoms with Gasteiger partial charge in [-0.1, -0.05) is 49.7 Å². The number of aromatic nitrogens is 1. The molecule has 1 aromatic heterocycles. The van der Waals surface area contributed by atoms with Crippen molar-refractivity contribution in [2.75, 3.05) is 6.54 Å². The predicted octanol–water partition coefficient (Wildman–Crippen LogP) is 5.77. The average Bonchev–Trinajstić information content (AvgIpc) is 2.84. The number of carbonyl (C=O) groups is 2. The first-order chi connectivity index (χ1) is 16.8. The van der Waals surface area contributed by atoms with Crippen molar-refractivity contribution in [3.8, 4) is 22.6 Å². The van der Waals surface area contributed by atoms with E-state index >= 15 is 0 Å². The molecule has 0 saturated heterocycles. The molecular formula is C26H23F3N2O4. The van der Waals surface area contributed by atoms with Crippen molar-refractivity contribution < 1.29 is 32.2 Å². The number of hydrogen-bond acceptors (Lipinski definition) is 5. The highest BCUT2D eigenvalue weighted by molar-refractivity contribution is 5.98. The summed E-state index contributed by atoms with van der Waals surface area (Å²) in [5, 5.41) is 0. The van der Waals surface area contributed by atoms with E-state index in [1.54, 1.807) is 30.5 Å². The number of rotatable bonds is 7. The zero-order valence-corrected chi connectivity index (χ0v) is 18.9. The normalized spacial score (nSPS) is 15.5. The molecule has 0 spiro atoms. The van der Waals surface area contributed by atoms with E-state index in [9.17, 15) is 22.8 Å². The predicted molar refractivity (Wildman–Crippen MR) is 122 cm³/mol. The van der Waals surface area contributed by atoms with Gasteiger partial charge in [0, 0.05) is 35.9 Å². The van der Waals surface area contributed by atoms with Crippen LogP contribution in [0.4, 0.5) is 13.2 Å². The first kappa shape index (κ1) is 24.3. The Morgan fingerprint density at radius 1 is 1.09 bits per heavy atom. The largest absolute Gasteiger partial charge is 0.491 e. The zero-order chi connectivity index (χ0) is 25.0. The molecule has 1 amide bonds. The van der Waals surface area contributed by atoms with Crippen molar-refractivity contribution in [3.63, 3.8) is 0 Å². The van der Waals surface area contributed by atoms with Crippen molar-refractivity contribution in [2.24, 2.45) is 0 Å². The van der Waals surface area contributed by atoms with Crippen molar-refractivity contribution in [1.82, 2.24) is 9.88 Å². The van der Waals surface area contributed by atoms with Gasteiger partial charge >= 0.3 is 12.1 Å². The average molecular weight is 484 g/mol. The maximum atomic E-state index is 13.2. The number of unbranched alkanes of at least 4 members (excludes halogenated alkanes) is 1. The number of nitrogens with zero attached hydrogens (tertiary/aromatic N) is 2. The van der Waals surface area contributed by atoms with Gasteiger partial charge in [0.1, 0.15) is 11.5 Å². The van der Waals surface area contributed by atoms with Gasteiger partial charge in [-0.15, -0.1) is 0 Å². The monoisotopic (exact) mass is 484 g/mol. The minimum atomic E-state index is -5.17. The highest BCUT2D eigenvalue weighted by Gasteiger charge is 2.45. The SMILES string of the molecule is CCCCN1C(=O)c2cccc(Oc3cncc(-c4ccccc4)c3)c2CC1OC(=O)C(F)(F)F. The van der Waals surface area contributed by atoms with Gasteiger partial charge in [-0.2, -0.15) is 13.2 Å². The lowest BCUT2D eigenvalue weighted by molar-refractivity contribution is -0.211. The Morgan fingerprint density at radius 3 is 2.57 bits per heavy atom. The highest BCUT2D eigenvalue weighted by atomic mass is 19.4. The van der Waals surface area contributed by atoms with Gasteiger partial charge in [0.15, 0.2) is 6.23 Å². The van der Waals surface area contributed by atoms with E-state index < -0.39 is 24.3 Å². The van der Waals surface area contributed by atoms with Gasteiger partial charge in [0.05, 0.1) is 6.20 Å². The number of hydrogen-bond donors (Lipinski definition) is 0. The summed E-state index contributed by atoms with van der Waals surface area (Å²) >= 11 is 0. The number of ether oxygens (including phenoxy) is 2. The number of alkyl halides is 3. The number of halogens is 3. The second kappa shape index (κ2) is 10.2. The van der Waals surface area contributed by atoms with Crippen molar-refractivity contribution in [3.05, 3.63) is 78.1 Å². The molecule has 9 heteroatoms. The van der Waals surface area contributed by atoms with Crippen molar-refractivity contribution in [2.45, 2.75) is 38.6 Å².